The van der Waals surface area contributed by atoms with E-state index >= 15 is 0 Å². The van der Waals surface area contributed by atoms with E-state index in [-0.39, 0.29) is 17.8 Å². The second kappa shape index (κ2) is 9.87. The molecule has 1 atom stereocenters. The molecule has 0 aliphatic rings. The highest BCUT2D eigenvalue weighted by atomic mass is 19.1. The molecule has 1 heterocycles. The molecule has 0 aliphatic heterocycles. The quantitative estimate of drug-likeness (QED) is 0.553. The zero-order valence-corrected chi connectivity index (χ0v) is 16.7. The summed E-state index contributed by atoms with van der Waals surface area (Å²) in [5.41, 5.74) is 1.79. The van der Waals surface area contributed by atoms with Crippen molar-refractivity contribution in [3.63, 3.8) is 0 Å². The van der Waals surface area contributed by atoms with Gasteiger partial charge in [0, 0.05) is 36.7 Å². The van der Waals surface area contributed by atoms with Gasteiger partial charge < -0.3 is 15.1 Å². The maximum Gasteiger partial charge on any atom is 0.220 e. The van der Waals surface area contributed by atoms with Gasteiger partial charge in [0.25, 0.3) is 0 Å². The number of hydrogen-bond donors (Lipinski definition) is 2. The third kappa shape index (κ3) is 6.17. The molecule has 1 amide bonds. The second-order valence-corrected chi connectivity index (χ2v) is 7.29. The van der Waals surface area contributed by atoms with Crippen LogP contribution >= 0.6 is 0 Å². The number of amides is 1. The first-order valence-electron chi connectivity index (χ1n) is 9.80. The number of halogens is 1. The van der Waals surface area contributed by atoms with Crippen molar-refractivity contribution >= 4 is 11.6 Å². The molecule has 5 nitrogen and oxygen atoms in total. The third-order valence-corrected chi connectivity index (χ3v) is 4.70. The van der Waals surface area contributed by atoms with Crippen molar-refractivity contribution in [2.75, 3.05) is 11.9 Å². The van der Waals surface area contributed by atoms with Gasteiger partial charge >= 0.3 is 0 Å². The molecule has 1 unspecified atom stereocenters. The number of nitrogens with one attached hydrogen (secondary N) is 2. The fourth-order valence-electron chi connectivity index (χ4n) is 2.91. The highest BCUT2D eigenvalue weighted by Gasteiger charge is 2.15. The second-order valence-electron chi connectivity index (χ2n) is 7.29. The average Bonchev–Trinajstić information content (AvgIpc) is 3.19. The first kappa shape index (κ1) is 20.6. The van der Waals surface area contributed by atoms with Crippen LogP contribution in [0.3, 0.4) is 0 Å². The lowest BCUT2D eigenvalue weighted by atomic mass is 10.0. The van der Waals surface area contributed by atoms with Crippen LogP contribution in [-0.2, 0) is 11.2 Å². The van der Waals surface area contributed by atoms with Crippen LogP contribution in [0.2, 0.25) is 0 Å². The van der Waals surface area contributed by atoms with Crippen molar-refractivity contribution in [1.82, 2.24) is 10.3 Å². The molecule has 2 N–H and O–H groups in total. The Hall–Kier alpha value is -3.15. The summed E-state index contributed by atoms with van der Waals surface area (Å²) in [5.74, 6) is 1.06. The number of carbonyl (C=O) groups excluding carboxylic acids is 1. The number of benzene rings is 2. The molecule has 3 aromatic rings. The van der Waals surface area contributed by atoms with Gasteiger partial charge in [0.2, 0.25) is 5.91 Å². The Morgan fingerprint density at radius 1 is 1.10 bits per heavy atom. The Morgan fingerprint density at radius 2 is 1.83 bits per heavy atom. The summed E-state index contributed by atoms with van der Waals surface area (Å²) >= 11 is 0. The molecule has 152 valence electrons. The van der Waals surface area contributed by atoms with Crippen LogP contribution in [0.15, 0.2) is 65.2 Å². The number of aromatic nitrogens is 1. The van der Waals surface area contributed by atoms with Crippen LogP contribution in [0.5, 0.6) is 0 Å². The number of carbonyl (C=O) groups is 1. The predicted octanol–water partition coefficient (Wildman–Crippen LogP) is 4.67. The lowest BCUT2D eigenvalue weighted by Gasteiger charge is -2.24. The van der Waals surface area contributed by atoms with Crippen molar-refractivity contribution in [1.29, 1.82) is 0 Å². The molecule has 6 heteroatoms. The molecule has 0 saturated carbocycles. The standard InChI is InChI=1S/C23H26FN3O2/c1-16(2)20(27-19-6-4-3-5-7-19)14-25-22(28)12-13-23-26-15-21(29-23)17-8-10-18(24)11-9-17/h3-11,15-16,20,27H,12-14H2,1-2H3,(H,25,28). The summed E-state index contributed by atoms with van der Waals surface area (Å²) in [7, 11) is 0. The number of anilines is 1. The number of rotatable bonds is 9. The molecule has 0 aliphatic carbocycles. The normalized spacial score (nSPS) is 12.0. The van der Waals surface area contributed by atoms with Gasteiger partial charge in [-0.15, -0.1) is 0 Å². The Balaban J connectivity index is 1.47. The first-order valence-corrected chi connectivity index (χ1v) is 9.80. The largest absolute Gasteiger partial charge is 0.441 e. The van der Waals surface area contributed by atoms with Crippen molar-refractivity contribution in [2.24, 2.45) is 5.92 Å². The fourth-order valence-corrected chi connectivity index (χ4v) is 2.91. The van der Waals surface area contributed by atoms with Gasteiger partial charge in [-0.2, -0.15) is 0 Å². The van der Waals surface area contributed by atoms with E-state index in [9.17, 15) is 9.18 Å². The van der Waals surface area contributed by atoms with Crippen LogP contribution < -0.4 is 10.6 Å². The number of hydrogen-bond acceptors (Lipinski definition) is 4. The summed E-state index contributed by atoms with van der Waals surface area (Å²) in [6.45, 7) is 4.78. The zero-order chi connectivity index (χ0) is 20.6. The Kier molecular flexibility index (Phi) is 7.00. The van der Waals surface area contributed by atoms with Crippen molar-refractivity contribution in [3.8, 4) is 11.3 Å². The van der Waals surface area contributed by atoms with Gasteiger partial charge in [0.15, 0.2) is 11.7 Å². The first-order chi connectivity index (χ1) is 14.0. The van der Waals surface area contributed by atoms with E-state index in [0.717, 1.165) is 11.3 Å². The van der Waals surface area contributed by atoms with Crippen molar-refractivity contribution < 1.29 is 13.6 Å². The lowest BCUT2D eigenvalue weighted by Crippen LogP contribution is -2.39. The summed E-state index contributed by atoms with van der Waals surface area (Å²) in [4.78, 5) is 16.5. The maximum atomic E-state index is 13.0. The van der Waals surface area contributed by atoms with Crippen LogP contribution in [0.1, 0.15) is 26.2 Å². The molecular formula is C23H26FN3O2. The monoisotopic (exact) mass is 395 g/mol. The topological polar surface area (TPSA) is 67.2 Å². The molecule has 2 aromatic carbocycles. The molecule has 1 aromatic heterocycles. The third-order valence-electron chi connectivity index (χ3n) is 4.70. The molecule has 3 rings (SSSR count). The van der Waals surface area contributed by atoms with Crippen LogP contribution in [0.4, 0.5) is 10.1 Å². The zero-order valence-electron chi connectivity index (χ0n) is 16.7. The maximum absolute atomic E-state index is 13.0. The van der Waals surface area contributed by atoms with Crippen LogP contribution in [-0.4, -0.2) is 23.5 Å². The van der Waals surface area contributed by atoms with Crippen molar-refractivity contribution in [3.05, 3.63) is 72.5 Å². The summed E-state index contributed by atoms with van der Waals surface area (Å²) in [6.07, 6.45) is 2.30. The molecule has 29 heavy (non-hydrogen) atoms. The SMILES string of the molecule is CC(C)C(CNC(=O)CCc1ncc(-c2ccc(F)cc2)o1)Nc1ccccc1. The lowest BCUT2D eigenvalue weighted by molar-refractivity contribution is -0.121. The van der Waals surface area contributed by atoms with E-state index in [1.165, 1.54) is 12.1 Å². The van der Waals surface area contributed by atoms with Gasteiger partial charge in [0.05, 0.1) is 6.20 Å². The van der Waals surface area contributed by atoms with Gasteiger partial charge in [-0.05, 0) is 42.3 Å². The minimum absolute atomic E-state index is 0.0490. The molecular weight excluding hydrogens is 369 g/mol. The number of aryl methyl sites for hydroxylation is 1. The minimum atomic E-state index is -0.299. The Labute approximate surface area is 170 Å². The molecule has 0 spiro atoms. The van der Waals surface area contributed by atoms with E-state index in [2.05, 4.69) is 29.5 Å². The average molecular weight is 395 g/mol. The van der Waals surface area contributed by atoms with Gasteiger partial charge in [0.1, 0.15) is 5.82 Å². The Morgan fingerprint density at radius 3 is 2.52 bits per heavy atom. The Bertz CT molecular complexity index is 907. The summed E-state index contributed by atoms with van der Waals surface area (Å²) in [5, 5.41) is 6.45. The molecule has 0 saturated heterocycles. The van der Waals surface area contributed by atoms with E-state index in [4.69, 9.17) is 4.42 Å². The highest BCUT2D eigenvalue weighted by molar-refractivity contribution is 5.76. The van der Waals surface area contributed by atoms with Gasteiger partial charge in [-0.1, -0.05) is 32.0 Å². The number of nitrogens with zero attached hydrogens (tertiary/aromatic N) is 1. The van der Waals surface area contributed by atoms with Gasteiger partial charge in [-0.25, -0.2) is 9.37 Å². The molecule has 0 fully saturated rings. The van der Waals surface area contributed by atoms with Crippen LogP contribution in [0, 0.1) is 11.7 Å². The molecule has 0 radical (unpaired) electrons. The van der Waals surface area contributed by atoms with Crippen LogP contribution in [0.25, 0.3) is 11.3 Å². The predicted molar refractivity (Wildman–Crippen MR) is 112 cm³/mol. The number of para-hydroxylation sites is 1. The fraction of sp³-hybridized carbons (Fsp3) is 0.304. The van der Waals surface area contributed by atoms with E-state index in [1.54, 1.807) is 18.3 Å². The van der Waals surface area contributed by atoms with Gasteiger partial charge in [-0.3, -0.25) is 4.79 Å². The van der Waals surface area contributed by atoms with E-state index in [1.807, 2.05) is 30.3 Å². The highest BCUT2D eigenvalue weighted by Crippen LogP contribution is 2.21. The number of oxazole rings is 1. The van der Waals surface area contributed by atoms with Crippen molar-refractivity contribution in [2.45, 2.75) is 32.7 Å². The molecule has 0 bridgehead atoms. The summed E-state index contributed by atoms with van der Waals surface area (Å²) in [6, 6.07) is 16.1. The smallest absolute Gasteiger partial charge is 0.220 e. The van der Waals surface area contributed by atoms with E-state index < -0.39 is 0 Å². The van der Waals surface area contributed by atoms with E-state index in [0.29, 0.717) is 37.0 Å². The summed E-state index contributed by atoms with van der Waals surface area (Å²) < 4.78 is 18.7. The minimum Gasteiger partial charge on any atom is -0.441 e.